The van der Waals surface area contributed by atoms with Crippen LogP contribution in [0.15, 0.2) is 0 Å². The van der Waals surface area contributed by atoms with Crippen LogP contribution in [0.3, 0.4) is 0 Å². The van der Waals surface area contributed by atoms with Gasteiger partial charge in [0, 0.05) is 13.1 Å². The Morgan fingerprint density at radius 2 is 1.53 bits per heavy atom. The molecule has 0 aromatic heterocycles. The predicted octanol–water partition coefficient (Wildman–Crippen LogP) is 3.44. The maximum absolute atomic E-state index is 12.6. The van der Waals surface area contributed by atoms with E-state index in [1.165, 1.54) is 0 Å². The minimum atomic E-state index is -0.652. The maximum Gasteiger partial charge on any atom is 0.410 e. The smallest absolute Gasteiger partial charge is 0.410 e. The molecule has 2 aliphatic heterocycles. The van der Waals surface area contributed by atoms with Crippen LogP contribution >= 0.6 is 0 Å². The lowest BCUT2D eigenvalue weighted by atomic mass is 9.71. The normalized spacial score (nSPS) is 24.1. The molecular formula is C23H38N4O3. The maximum atomic E-state index is 12.6. The van der Waals surface area contributed by atoms with Crippen molar-refractivity contribution in [3.63, 3.8) is 0 Å². The van der Waals surface area contributed by atoms with E-state index in [1.807, 2.05) is 25.7 Å². The summed E-state index contributed by atoms with van der Waals surface area (Å²) in [6.45, 7) is 9.38. The summed E-state index contributed by atoms with van der Waals surface area (Å²) in [7, 11) is 0. The highest BCUT2D eigenvalue weighted by atomic mass is 16.6. The van der Waals surface area contributed by atoms with Crippen LogP contribution in [-0.2, 0) is 9.53 Å². The van der Waals surface area contributed by atoms with Gasteiger partial charge in [0.2, 0.25) is 5.91 Å². The van der Waals surface area contributed by atoms with Gasteiger partial charge in [-0.3, -0.25) is 9.69 Å². The van der Waals surface area contributed by atoms with Gasteiger partial charge in [0.15, 0.2) is 0 Å². The van der Waals surface area contributed by atoms with Gasteiger partial charge in [-0.05, 0) is 77.8 Å². The molecule has 0 aromatic carbocycles. The number of piperidine rings is 2. The Hall–Kier alpha value is -1.81. The van der Waals surface area contributed by atoms with Gasteiger partial charge in [-0.1, -0.05) is 19.3 Å². The molecule has 0 aromatic rings. The van der Waals surface area contributed by atoms with E-state index in [9.17, 15) is 14.9 Å². The molecule has 2 heterocycles. The molecule has 0 bridgehead atoms. The number of nitriles is 1. The van der Waals surface area contributed by atoms with Crippen LogP contribution in [0.25, 0.3) is 0 Å². The minimum absolute atomic E-state index is 0.0193. The molecule has 3 aliphatic rings. The van der Waals surface area contributed by atoms with Gasteiger partial charge >= 0.3 is 6.09 Å². The van der Waals surface area contributed by atoms with Crippen LogP contribution in [0.1, 0.15) is 78.6 Å². The molecule has 1 N–H and O–H groups in total. The lowest BCUT2D eigenvalue weighted by Crippen LogP contribution is -2.53. The second-order valence-electron chi connectivity index (χ2n) is 10.5. The number of amides is 2. The Kier molecular flexibility index (Phi) is 6.96. The van der Waals surface area contributed by atoms with Crippen LogP contribution < -0.4 is 5.32 Å². The van der Waals surface area contributed by atoms with Crippen molar-refractivity contribution in [2.24, 2.45) is 5.41 Å². The number of nitrogens with one attached hydrogen (secondary N) is 1. The van der Waals surface area contributed by atoms with Crippen molar-refractivity contribution in [2.45, 2.75) is 89.7 Å². The Morgan fingerprint density at radius 3 is 2.07 bits per heavy atom. The van der Waals surface area contributed by atoms with Gasteiger partial charge in [-0.15, -0.1) is 0 Å². The highest BCUT2D eigenvalue weighted by molar-refractivity contribution is 5.79. The SMILES string of the molecule is CC(C)(C)OC(=O)N1CCC2(CCN(CC(=O)NC3(C#N)CCCCC3)CC2)CC1. The number of likely N-dealkylation sites (tertiary alicyclic amines) is 2. The molecule has 1 spiro atoms. The number of ether oxygens (including phenoxy) is 1. The van der Waals surface area contributed by atoms with E-state index < -0.39 is 11.1 Å². The molecule has 0 atom stereocenters. The summed E-state index contributed by atoms with van der Waals surface area (Å²) < 4.78 is 5.50. The van der Waals surface area contributed by atoms with Crippen LogP contribution in [0.4, 0.5) is 4.79 Å². The molecule has 1 aliphatic carbocycles. The number of rotatable bonds is 3. The second-order valence-corrected chi connectivity index (χ2v) is 10.5. The molecule has 30 heavy (non-hydrogen) atoms. The molecule has 168 valence electrons. The van der Waals surface area contributed by atoms with E-state index in [-0.39, 0.29) is 17.4 Å². The Morgan fingerprint density at radius 1 is 0.967 bits per heavy atom. The highest BCUT2D eigenvalue weighted by Crippen LogP contribution is 2.41. The third kappa shape index (κ3) is 5.87. The van der Waals surface area contributed by atoms with E-state index in [0.29, 0.717) is 6.54 Å². The minimum Gasteiger partial charge on any atom is -0.444 e. The summed E-state index contributed by atoms with van der Waals surface area (Å²) >= 11 is 0. The van der Waals surface area contributed by atoms with Gasteiger partial charge in [-0.25, -0.2) is 4.79 Å². The fraction of sp³-hybridized carbons (Fsp3) is 0.870. The van der Waals surface area contributed by atoms with E-state index in [1.54, 1.807) is 0 Å². The number of hydrogen-bond donors (Lipinski definition) is 1. The highest BCUT2D eigenvalue weighted by Gasteiger charge is 2.40. The van der Waals surface area contributed by atoms with E-state index in [4.69, 9.17) is 4.74 Å². The second kappa shape index (κ2) is 9.13. The van der Waals surface area contributed by atoms with Crippen molar-refractivity contribution < 1.29 is 14.3 Å². The number of carbonyl (C=O) groups is 2. The molecule has 0 radical (unpaired) electrons. The Labute approximate surface area is 181 Å². The molecule has 0 unspecified atom stereocenters. The number of hydrogen-bond acceptors (Lipinski definition) is 5. The molecule has 7 nitrogen and oxygen atoms in total. The summed E-state index contributed by atoms with van der Waals surface area (Å²) in [5, 5.41) is 12.6. The van der Waals surface area contributed by atoms with Gasteiger partial charge < -0.3 is 15.0 Å². The molecule has 3 fully saturated rings. The molecule has 3 rings (SSSR count). The van der Waals surface area contributed by atoms with Crippen molar-refractivity contribution in [3.05, 3.63) is 0 Å². The van der Waals surface area contributed by atoms with Crippen LogP contribution in [0.2, 0.25) is 0 Å². The summed E-state index contributed by atoms with van der Waals surface area (Å²) in [5.74, 6) is -0.0193. The number of nitrogens with zero attached hydrogens (tertiary/aromatic N) is 3. The summed E-state index contributed by atoms with van der Waals surface area (Å²) in [6, 6.07) is 2.37. The van der Waals surface area contributed by atoms with Gasteiger partial charge in [-0.2, -0.15) is 5.26 Å². The predicted molar refractivity (Wildman–Crippen MR) is 115 cm³/mol. The van der Waals surface area contributed by atoms with Crippen LogP contribution in [0, 0.1) is 16.7 Å². The summed E-state index contributed by atoms with van der Waals surface area (Å²) in [4.78, 5) is 28.9. The third-order valence-electron chi connectivity index (χ3n) is 7.06. The summed E-state index contributed by atoms with van der Waals surface area (Å²) in [5.41, 5.74) is -0.830. The monoisotopic (exact) mass is 418 g/mol. The zero-order valence-electron chi connectivity index (χ0n) is 19.0. The van der Waals surface area contributed by atoms with Crippen molar-refractivity contribution in [1.82, 2.24) is 15.1 Å². The Bertz CT molecular complexity index is 655. The average Bonchev–Trinajstić information content (AvgIpc) is 2.70. The first kappa shape index (κ1) is 22.9. The molecule has 7 heteroatoms. The molecule has 2 saturated heterocycles. The fourth-order valence-corrected chi connectivity index (χ4v) is 5.11. The quantitative estimate of drug-likeness (QED) is 0.759. The van der Waals surface area contributed by atoms with E-state index in [0.717, 1.165) is 84.0 Å². The lowest BCUT2D eigenvalue weighted by molar-refractivity contribution is -0.124. The van der Waals surface area contributed by atoms with Crippen molar-refractivity contribution in [2.75, 3.05) is 32.7 Å². The topological polar surface area (TPSA) is 85.7 Å². The van der Waals surface area contributed by atoms with Crippen molar-refractivity contribution in [3.8, 4) is 6.07 Å². The first-order chi connectivity index (χ1) is 14.1. The average molecular weight is 419 g/mol. The largest absolute Gasteiger partial charge is 0.444 e. The van der Waals surface area contributed by atoms with Crippen LogP contribution in [0.5, 0.6) is 0 Å². The van der Waals surface area contributed by atoms with Crippen molar-refractivity contribution >= 4 is 12.0 Å². The van der Waals surface area contributed by atoms with Gasteiger partial charge in [0.1, 0.15) is 11.1 Å². The summed E-state index contributed by atoms with van der Waals surface area (Å²) in [6.07, 6.45) is 8.64. The zero-order chi connectivity index (χ0) is 21.8. The Balaban J connectivity index is 1.42. The van der Waals surface area contributed by atoms with Crippen molar-refractivity contribution in [1.29, 1.82) is 5.26 Å². The lowest BCUT2D eigenvalue weighted by Gasteiger charge is -2.46. The van der Waals surface area contributed by atoms with Crippen LogP contribution in [-0.4, -0.2) is 65.7 Å². The molecule has 2 amide bonds. The fourth-order valence-electron chi connectivity index (χ4n) is 5.11. The van der Waals surface area contributed by atoms with Gasteiger partial charge in [0.05, 0.1) is 12.6 Å². The van der Waals surface area contributed by atoms with Gasteiger partial charge in [0.25, 0.3) is 0 Å². The molecule has 1 saturated carbocycles. The first-order valence-corrected chi connectivity index (χ1v) is 11.6. The zero-order valence-corrected chi connectivity index (χ0v) is 19.0. The van der Waals surface area contributed by atoms with E-state index in [2.05, 4.69) is 16.3 Å². The first-order valence-electron chi connectivity index (χ1n) is 11.6. The number of carbonyl (C=O) groups excluding carboxylic acids is 2. The standard InChI is InChI=1S/C23H38N4O3/c1-21(2,3)30-20(29)27-15-11-22(12-16-27)9-13-26(14-10-22)17-19(28)25-23(18-24)7-5-4-6-8-23/h4-17H2,1-3H3,(H,25,28). The van der Waals surface area contributed by atoms with E-state index >= 15 is 0 Å². The third-order valence-corrected chi connectivity index (χ3v) is 7.06. The molecular weight excluding hydrogens is 380 g/mol.